The molecule has 9 nitrogen and oxygen atoms in total. The first-order chi connectivity index (χ1) is 21.8. The van der Waals surface area contributed by atoms with Crippen molar-refractivity contribution in [3.63, 3.8) is 0 Å². The molecule has 2 aliphatic heterocycles. The Balaban J connectivity index is 1.64. The van der Waals surface area contributed by atoms with E-state index in [4.69, 9.17) is 14.8 Å². The third-order valence-electron chi connectivity index (χ3n) is 7.98. The molecule has 230 valence electrons. The number of amides is 2. The van der Waals surface area contributed by atoms with Crippen molar-refractivity contribution in [3.8, 4) is 22.6 Å². The first-order valence-electron chi connectivity index (χ1n) is 14.2. The maximum atomic E-state index is 15.8. The van der Waals surface area contributed by atoms with E-state index in [-0.39, 0.29) is 60.0 Å². The van der Waals surface area contributed by atoms with Crippen molar-refractivity contribution in [3.05, 3.63) is 101 Å². The van der Waals surface area contributed by atoms with E-state index in [9.17, 15) is 19.1 Å². The Morgan fingerprint density at radius 3 is 2.84 bits per heavy atom. The molecular formula is C33H29F2N5O4S. The van der Waals surface area contributed by atoms with Crippen molar-refractivity contribution in [1.82, 2.24) is 25.0 Å². The van der Waals surface area contributed by atoms with E-state index in [1.165, 1.54) is 17.4 Å². The van der Waals surface area contributed by atoms with Crippen molar-refractivity contribution in [1.29, 1.82) is 0 Å². The zero-order valence-electron chi connectivity index (χ0n) is 24.3. The van der Waals surface area contributed by atoms with Crippen LogP contribution in [-0.2, 0) is 22.6 Å². The van der Waals surface area contributed by atoms with Gasteiger partial charge >= 0.3 is 0 Å². The molecule has 0 spiro atoms. The van der Waals surface area contributed by atoms with Gasteiger partial charge < -0.3 is 20.1 Å². The number of allylic oxidation sites excluding steroid dienone is 3. The Bertz CT molecular complexity index is 1940. The number of hydrogen-bond donors (Lipinski definition) is 2. The fourth-order valence-electron chi connectivity index (χ4n) is 5.83. The number of ether oxygens (including phenoxy) is 1. The maximum Gasteiger partial charge on any atom is 0.251 e. The van der Waals surface area contributed by atoms with Gasteiger partial charge in [-0.1, -0.05) is 25.3 Å². The highest BCUT2D eigenvalue weighted by Crippen LogP contribution is 2.45. The second-order valence-electron chi connectivity index (χ2n) is 10.5. The van der Waals surface area contributed by atoms with Crippen LogP contribution in [-0.4, -0.2) is 56.3 Å². The molecule has 0 fully saturated rings. The van der Waals surface area contributed by atoms with E-state index in [2.05, 4.69) is 18.5 Å². The number of pyridine rings is 1. The van der Waals surface area contributed by atoms with Gasteiger partial charge in [-0.3, -0.25) is 14.3 Å². The summed E-state index contributed by atoms with van der Waals surface area (Å²) in [5.41, 5.74) is 4.17. The molecule has 1 aromatic carbocycles. The number of aliphatic hydroxyl groups excluding tert-OH is 1. The van der Waals surface area contributed by atoms with Crippen molar-refractivity contribution in [2.75, 3.05) is 19.8 Å². The zero-order valence-corrected chi connectivity index (χ0v) is 25.2. The predicted octanol–water partition coefficient (Wildman–Crippen LogP) is 5.85. The van der Waals surface area contributed by atoms with Crippen molar-refractivity contribution in [2.24, 2.45) is 0 Å². The highest BCUT2D eigenvalue weighted by molar-refractivity contribution is 7.17. The lowest BCUT2D eigenvalue weighted by molar-refractivity contribution is -0.129. The normalized spacial score (nSPS) is 16.4. The SMILES string of the molecule is C=CC(=O)N1CCn2nc(-c3nc(-c4ccc5c(c4)C(=O)NC5)c4ccsc4c3/C(C(=C)OCCO)=C(F)/C=C/F)cc2[C@H]1C. The Morgan fingerprint density at radius 2 is 2.09 bits per heavy atom. The van der Waals surface area contributed by atoms with E-state index < -0.39 is 5.83 Å². The zero-order chi connectivity index (χ0) is 31.8. The Hall–Kier alpha value is -4.94. The summed E-state index contributed by atoms with van der Waals surface area (Å²) in [6.07, 6.45) is 2.02. The number of carbonyl (C=O) groups excluding carboxylic acids is 2. The predicted molar refractivity (Wildman–Crippen MR) is 168 cm³/mol. The van der Waals surface area contributed by atoms with Crippen molar-refractivity contribution in [2.45, 2.75) is 26.1 Å². The third kappa shape index (κ3) is 5.25. The van der Waals surface area contributed by atoms with Gasteiger partial charge in [-0.2, -0.15) is 5.10 Å². The standard InChI is InChI=1S/C33H29F2N5O4S/c1-4-27(42)39-10-11-40-26(18(39)2)16-25(38-40)31-29(28(24(35)7-9-34)19(3)44-13-12-41)32-22(8-14-45-32)30(37-31)20-5-6-21-17-36-33(43)23(21)15-20/h4-9,14-16,18,41H,1,3,10-13,17H2,2H3,(H,36,43)/b9-7+,28-24-/t18-/m1/s1. The van der Waals surface area contributed by atoms with Gasteiger partial charge in [0.2, 0.25) is 5.91 Å². The molecule has 0 saturated carbocycles. The van der Waals surface area contributed by atoms with Gasteiger partial charge in [0.15, 0.2) is 0 Å². The molecule has 12 heteroatoms. The summed E-state index contributed by atoms with van der Waals surface area (Å²) in [5, 5.41) is 19.6. The number of halogens is 2. The number of aliphatic hydroxyl groups is 1. The number of aromatic nitrogens is 3. The molecule has 0 aliphatic carbocycles. The van der Waals surface area contributed by atoms with Crippen molar-refractivity contribution >= 4 is 38.8 Å². The molecular weight excluding hydrogens is 600 g/mol. The second-order valence-corrected chi connectivity index (χ2v) is 11.4. The van der Waals surface area contributed by atoms with E-state index in [1.807, 2.05) is 30.5 Å². The number of hydrogen-bond acceptors (Lipinski definition) is 7. The molecule has 2 N–H and O–H groups in total. The van der Waals surface area contributed by atoms with Crippen LogP contribution >= 0.6 is 11.3 Å². The molecule has 0 radical (unpaired) electrons. The summed E-state index contributed by atoms with van der Waals surface area (Å²) in [5.74, 6) is -1.47. The summed E-state index contributed by atoms with van der Waals surface area (Å²) >= 11 is 1.32. The lowest BCUT2D eigenvalue weighted by Gasteiger charge is -2.33. The van der Waals surface area contributed by atoms with Crippen LogP contribution < -0.4 is 5.32 Å². The van der Waals surface area contributed by atoms with Gasteiger partial charge in [0.05, 0.1) is 42.5 Å². The Kier molecular flexibility index (Phi) is 8.17. The van der Waals surface area contributed by atoms with Gasteiger partial charge in [-0.25, -0.2) is 13.8 Å². The van der Waals surface area contributed by atoms with E-state index >= 15 is 4.39 Å². The fourth-order valence-corrected chi connectivity index (χ4v) is 6.78. The number of rotatable bonds is 9. The maximum absolute atomic E-state index is 15.8. The Labute approximate surface area is 261 Å². The number of nitrogens with zero attached hydrogens (tertiary/aromatic N) is 4. The third-order valence-corrected chi connectivity index (χ3v) is 8.91. The number of carbonyl (C=O) groups is 2. The molecule has 6 rings (SSSR count). The summed E-state index contributed by atoms with van der Waals surface area (Å²) in [6.45, 7) is 10.2. The van der Waals surface area contributed by atoms with Gasteiger partial charge in [-0.05, 0) is 42.1 Å². The minimum Gasteiger partial charge on any atom is -0.491 e. The van der Waals surface area contributed by atoms with Crippen LogP contribution in [0.3, 0.4) is 0 Å². The number of fused-ring (bicyclic) bond motifs is 3. The lowest BCUT2D eigenvalue weighted by Crippen LogP contribution is -2.40. The quantitative estimate of drug-likeness (QED) is 0.137. The highest BCUT2D eigenvalue weighted by Gasteiger charge is 2.32. The first kappa shape index (κ1) is 30.1. The molecule has 2 aliphatic rings. The summed E-state index contributed by atoms with van der Waals surface area (Å²) in [4.78, 5) is 31.8. The first-order valence-corrected chi connectivity index (χ1v) is 15.1. The molecule has 3 aromatic heterocycles. The lowest BCUT2D eigenvalue weighted by atomic mass is 9.95. The van der Waals surface area contributed by atoms with Crippen LogP contribution in [0, 0.1) is 0 Å². The molecule has 0 unspecified atom stereocenters. The van der Waals surface area contributed by atoms with Crippen LogP contribution in [0.15, 0.2) is 78.9 Å². The van der Waals surface area contributed by atoms with E-state index in [0.29, 0.717) is 58.3 Å². The molecule has 2 amide bonds. The number of nitrogens with one attached hydrogen (secondary N) is 1. The smallest absolute Gasteiger partial charge is 0.251 e. The summed E-state index contributed by atoms with van der Waals surface area (Å²) < 4.78 is 37.2. The molecule has 5 heterocycles. The number of thiophene rings is 1. The molecule has 45 heavy (non-hydrogen) atoms. The average Bonchev–Trinajstić information content (AvgIpc) is 3.79. The van der Waals surface area contributed by atoms with E-state index in [0.717, 1.165) is 11.3 Å². The number of benzene rings is 1. The van der Waals surface area contributed by atoms with Crippen LogP contribution in [0.25, 0.3) is 38.3 Å². The molecule has 0 saturated heterocycles. The minimum absolute atomic E-state index is 0.0829. The fraction of sp³-hybridized carbons (Fsp3) is 0.212. The molecule has 1 atom stereocenters. The summed E-state index contributed by atoms with van der Waals surface area (Å²) in [7, 11) is 0. The average molecular weight is 630 g/mol. The van der Waals surface area contributed by atoms with Gasteiger partial charge in [0.1, 0.15) is 29.6 Å². The second kappa shape index (κ2) is 12.2. The summed E-state index contributed by atoms with van der Waals surface area (Å²) in [6, 6.07) is 8.85. The van der Waals surface area contributed by atoms with Gasteiger partial charge in [0, 0.05) is 45.9 Å². The van der Waals surface area contributed by atoms with Crippen molar-refractivity contribution < 1.29 is 28.2 Å². The molecule has 0 bridgehead atoms. The topological polar surface area (TPSA) is 110 Å². The highest BCUT2D eigenvalue weighted by atomic mass is 32.1. The Morgan fingerprint density at radius 1 is 1.27 bits per heavy atom. The van der Waals surface area contributed by atoms with Crippen LogP contribution in [0.2, 0.25) is 0 Å². The van der Waals surface area contributed by atoms with Crippen LogP contribution in [0.1, 0.15) is 40.1 Å². The minimum atomic E-state index is -0.958. The largest absolute Gasteiger partial charge is 0.491 e. The van der Waals surface area contributed by atoms with Crippen LogP contribution in [0.5, 0.6) is 0 Å². The van der Waals surface area contributed by atoms with Crippen LogP contribution in [0.4, 0.5) is 8.78 Å². The van der Waals surface area contributed by atoms with Gasteiger partial charge in [0.25, 0.3) is 5.91 Å². The monoisotopic (exact) mass is 629 g/mol. The molecule has 4 aromatic rings. The van der Waals surface area contributed by atoms with Gasteiger partial charge in [-0.15, -0.1) is 11.3 Å². The van der Waals surface area contributed by atoms with E-state index in [1.54, 1.807) is 21.7 Å².